The van der Waals surface area contributed by atoms with Gasteiger partial charge in [-0.2, -0.15) is 0 Å². The van der Waals surface area contributed by atoms with E-state index in [1.807, 2.05) is 0 Å². The third kappa shape index (κ3) is 1.53. The Bertz CT molecular complexity index is 1050. The molecule has 0 spiro atoms. The van der Waals surface area contributed by atoms with Gasteiger partial charge in [-0.3, -0.25) is 0 Å². The van der Waals surface area contributed by atoms with Crippen molar-refractivity contribution in [1.29, 1.82) is 0 Å². The molecule has 104 valence electrons. The van der Waals surface area contributed by atoms with E-state index in [4.69, 9.17) is 0 Å². The van der Waals surface area contributed by atoms with E-state index >= 15 is 0 Å². The van der Waals surface area contributed by atoms with E-state index in [-0.39, 0.29) is 0 Å². The van der Waals surface area contributed by atoms with Gasteiger partial charge in [0.1, 0.15) is 0 Å². The number of hydrogen-bond donors (Lipinski definition) is 0. The fourth-order valence-corrected chi connectivity index (χ4v) is 3.75. The average Bonchev–Trinajstić information content (AvgIpc) is 2.90. The predicted molar refractivity (Wildman–Crippen MR) is 97.2 cm³/mol. The molecule has 0 unspecified atom stereocenters. The summed E-state index contributed by atoms with van der Waals surface area (Å²) in [6.07, 6.45) is 0. The Balaban J connectivity index is 2.05. The Labute approximate surface area is 136 Å². The molecule has 0 aliphatic rings. The van der Waals surface area contributed by atoms with Crippen LogP contribution in [-0.2, 0) is 0 Å². The van der Waals surface area contributed by atoms with Crippen LogP contribution in [0, 0.1) is 0 Å². The van der Waals surface area contributed by atoms with E-state index in [0.29, 0.717) is 0 Å². The summed E-state index contributed by atoms with van der Waals surface area (Å²) in [4.78, 5) is 0. The number of hydrogen-bond acceptors (Lipinski definition) is 0. The van der Waals surface area contributed by atoms with Crippen LogP contribution in [0.2, 0.25) is 0 Å². The Kier molecular flexibility index (Phi) is 2.42. The van der Waals surface area contributed by atoms with Crippen molar-refractivity contribution in [2.45, 2.75) is 0 Å². The highest BCUT2D eigenvalue weighted by Gasteiger charge is 2.15. The van der Waals surface area contributed by atoms with Crippen LogP contribution in [0.5, 0.6) is 0 Å². The standard InChI is InChI=1S/C20H12BrN/c21-15-9-11-16(12-10-15)22-17-5-1-3-13-7-8-14-4-2-6-18(22)20(14)19(13)17/h1-12H. The fourth-order valence-electron chi connectivity index (χ4n) is 3.49. The summed E-state index contributed by atoms with van der Waals surface area (Å²) >= 11 is 3.52. The molecule has 1 aromatic heterocycles. The summed E-state index contributed by atoms with van der Waals surface area (Å²) in [7, 11) is 0. The largest absolute Gasteiger partial charge is 0.309 e. The van der Waals surface area contributed by atoms with Gasteiger partial charge in [0.15, 0.2) is 0 Å². The van der Waals surface area contributed by atoms with Gasteiger partial charge in [-0.15, -0.1) is 0 Å². The first-order valence-corrected chi connectivity index (χ1v) is 8.12. The van der Waals surface area contributed by atoms with Crippen LogP contribution in [0.3, 0.4) is 0 Å². The summed E-state index contributed by atoms with van der Waals surface area (Å²) in [5.74, 6) is 0. The summed E-state index contributed by atoms with van der Waals surface area (Å²) in [5.41, 5.74) is 3.73. The molecule has 0 saturated carbocycles. The lowest BCUT2D eigenvalue weighted by atomic mass is 10.0. The zero-order valence-corrected chi connectivity index (χ0v) is 13.3. The summed E-state index contributed by atoms with van der Waals surface area (Å²) < 4.78 is 3.46. The Morgan fingerprint density at radius 2 is 1.14 bits per heavy atom. The molecule has 2 heteroatoms. The van der Waals surface area contributed by atoms with Gasteiger partial charge in [0.2, 0.25) is 0 Å². The van der Waals surface area contributed by atoms with Crippen molar-refractivity contribution in [3.8, 4) is 5.69 Å². The molecule has 0 saturated heterocycles. The van der Waals surface area contributed by atoms with Crippen molar-refractivity contribution in [3.05, 3.63) is 77.3 Å². The minimum absolute atomic E-state index is 1.10. The minimum Gasteiger partial charge on any atom is -0.309 e. The molecule has 0 fully saturated rings. The third-order valence-corrected chi connectivity index (χ3v) is 4.94. The first kappa shape index (κ1) is 12.2. The van der Waals surface area contributed by atoms with Gasteiger partial charge < -0.3 is 4.57 Å². The second-order valence-electron chi connectivity index (χ2n) is 5.63. The lowest BCUT2D eigenvalue weighted by Gasteiger charge is -2.07. The summed E-state index contributed by atoms with van der Waals surface area (Å²) in [6.45, 7) is 0. The van der Waals surface area contributed by atoms with Crippen LogP contribution in [0.1, 0.15) is 0 Å². The third-order valence-electron chi connectivity index (χ3n) is 4.41. The molecular weight excluding hydrogens is 334 g/mol. The second-order valence-corrected chi connectivity index (χ2v) is 6.54. The monoisotopic (exact) mass is 345 g/mol. The number of benzene rings is 4. The Morgan fingerprint density at radius 1 is 0.591 bits per heavy atom. The van der Waals surface area contributed by atoms with Crippen molar-refractivity contribution in [2.75, 3.05) is 0 Å². The van der Waals surface area contributed by atoms with E-state index in [1.54, 1.807) is 0 Å². The van der Waals surface area contributed by atoms with E-state index in [0.717, 1.165) is 4.47 Å². The van der Waals surface area contributed by atoms with Gasteiger partial charge in [0.25, 0.3) is 0 Å². The zero-order chi connectivity index (χ0) is 14.7. The predicted octanol–water partition coefficient (Wildman–Crippen LogP) is 6.14. The van der Waals surface area contributed by atoms with Gasteiger partial charge in [-0.1, -0.05) is 52.3 Å². The fraction of sp³-hybridized carbons (Fsp3) is 0. The maximum Gasteiger partial charge on any atom is 0.0547 e. The highest BCUT2D eigenvalue weighted by molar-refractivity contribution is 9.10. The molecule has 0 aliphatic heterocycles. The van der Waals surface area contributed by atoms with Gasteiger partial charge in [-0.05, 0) is 47.2 Å². The summed E-state index contributed by atoms with van der Waals surface area (Å²) in [6, 6.07) is 26.0. The molecule has 22 heavy (non-hydrogen) atoms. The smallest absolute Gasteiger partial charge is 0.0547 e. The SMILES string of the molecule is Brc1ccc(-n2c3cccc4ccc5cccc2c5c43)cc1. The van der Waals surface area contributed by atoms with E-state index in [2.05, 4.69) is 93.3 Å². The first-order chi connectivity index (χ1) is 10.8. The lowest BCUT2D eigenvalue weighted by Crippen LogP contribution is -1.92. The number of aromatic nitrogens is 1. The molecule has 0 bridgehead atoms. The molecule has 4 aromatic carbocycles. The van der Waals surface area contributed by atoms with Crippen molar-refractivity contribution in [3.63, 3.8) is 0 Å². The van der Waals surface area contributed by atoms with Gasteiger partial charge in [-0.25, -0.2) is 0 Å². The van der Waals surface area contributed by atoms with Crippen molar-refractivity contribution < 1.29 is 0 Å². The van der Waals surface area contributed by atoms with Crippen LogP contribution in [0.25, 0.3) is 38.3 Å². The van der Waals surface area contributed by atoms with Gasteiger partial charge >= 0.3 is 0 Å². The topological polar surface area (TPSA) is 4.93 Å². The molecule has 5 aromatic rings. The molecule has 5 rings (SSSR count). The molecule has 0 aliphatic carbocycles. The maximum absolute atomic E-state index is 3.52. The van der Waals surface area contributed by atoms with Crippen LogP contribution >= 0.6 is 15.9 Å². The first-order valence-electron chi connectivity index (χ1n) is 7.33. The van der Waals surface area contributed by atoms with Gasteiger partial charge in [0, 0.05) is 20.9 Å². The second kappa shape index (κ2) is 4.34. The van der Waals surface area contributed by atoms with Crippen LogP contribution in [0.15, 0.2) is 77.3 Å². The quantitative estimate of drug-likeness (QED) is 0.321. The van der Waals surface area contributed by atoms with Crippen molar-refractivity contribution in [1.82, 2.24) is 4.57 Å². The van der Waals surface area contributed by atoms with E-state index in [1.165, 1.54) is 38.3 Å². The number of halogens is 1. The number of nitrogens with zero attached hydrogens (tertiary/aromatic N) is 1. The molecule has 0 atom stereocenters. The Hall–Kier alpha value is -2.32. The van der Waals surface area contributed by atoms with E-state index < -0.39 is 0 Å². The highest BCUT2D eigenvalue weighted by atomic mass is 79.9. The molecule has 0 amide bonds. The van der Waals surface area contributed by atoms with E-state index in [9.17, 15) is 0 Å². The van der Waals surface area contributed by atoms with Crippen molar-refractivity contribution in [2.24, 2.45) is 0 Å². The van der Waals surface area contributed by atoms with Crippen LogP contribution < -0.4 is 0 Å². The molecule has 1 heterocycles. The average molecular weight is 346 g/mol. The van der Waals surface area contributed by atoms with Crippen LogP contribution in [0.4, 0.5) is 0 Å². The molecular formula is C20H12BrN. The summed E-state index contributed by atoms with van der Waals surface area (Å²) in [5, 5.41) is 5.33. The normalized spacial score (nSPS) is 11.9. The van der Waals surface area contributed by atoms with Crippen molar-refractivity contribution >= 4 is 48.5 Å². The molecule has 0 N–H and O–H groups in total. The maximum atomic E-state index is 3.52. The lowest BCUT2D eigenvalue weighted by molar-refractivity contribution is 1.18. The molecule has 1 nitrogen and oxygen atoms in total. The Morgan fingerprint density at radius 3 is 1.68 bits per heavy atom. The minimum atomic E-state index is 1.10. The zero-order valence-electron chi connectivity index (χ0n) is 11.8. The number of rotatable bonds is 1. The van der Waals surface area contributed by atoms with Gasteiger partial charge in [0.05, 0.1) is 11.0 Å². The van der Waals surface area contributed by atoms with Crippen LogP contribution in [-0.4, -0.2) is 4.57 Å². The molecule has 0 radical (unpaired) electrons. The highest BCUT2D eigenvalue weighted by Crippen LogP contribution is 2.38.